The molecule has 1 unspecified atom stereocenters. The molecule has 0 aliphatic heterocycles. The lowest BCUT2D eigenvalue weighted by Gasteiger charge is -2.08. The van der Waals surface area contributed by atoms with Gasteiger partial charge in [-0.25, -0.2) is 13.1 Å². The number of thiophene rings is 1. The zero-order valence-electron chi connectivity index (χ0n) is 11.1. The third-order valence-corrected chi connectivity index (χ3v) is 5.40. The van der Waals surface area contributed by atoms with E-state index in [1.54, 1.807) is 6.92 Å². The number of aliphatic hydroxyl groups excluding tert-OH is 1. The molecule has 0 radical (unpaired) electrons. The van der Waals surface area contributed by atoms with E-state index < -0.39 is 16.1 Å². The summed E-state index contributed by atoms with van der Waals surface area (Å²) < 4.78 is 25.3. The summed E-state index contributed by atoms with van der Waals surface area (Å²) >= 11 is 1.41. The van der Waals surface area contributed by atoms with E-state index in [-0.39, 0.29) is 12.3 Å². The van der Waals surface area contributed by atoms with Gasteiger partial charge in [-0.1, -0.05) is 30.3 Å². The lowest BCUT2D eigenvalue weighted by molar-refractivity contribution is 0.224. The van der Waals surface area contributed by atoms with Gasteiger partial charge in [0.05, 0.1) is 5.75 Å². The Balaban J connectivity index is 2.06. The first-order valence-corrected chi connectivity index (χ1v) is 8.77. The van der Waals surface area contributed by atoms with Crippen molar-refractivity contribution >= 4 is 21.4 Å². The molecule has 2 aromatic rings. The minimum absolute atomic E-state index is 0.0673. The van der Waals surface area contributed by atoms with Crippen LogP contribution in [0.2, 0.25) is 0 Å². The molecule has 2 rings (SSSR count). The molecule has 0 aliphatic carbocycles. The van der Waals surface area contributed by atoms with E-state index >= 15 is 0 Å². The van der Waals surface area contributed by atoms with Crippen molar-refractivity contribution in [2.45, 2.75) is 19.6 Å². The van der Waals surface area contributed by atoms with Crippen molar-refractivity contribution in [2.75, 3.05) is 5.75 Å². The molecule has 0 fully saturated rings. The third-order valence-electron chi connectivity index (χ3n) is 2.91. The summed E-state index contributed by atoms with van der Waals surface area (Å²) in [5, 5.41) is 10.3. The summed E-state index contributed by atoms with van der Waals surface area (Å²) in [5.74, 6) is 0.0673. The average molecular weight is 311 g/mol. The van der Waals surface area contributed by atoms with Crippen LogP contribution in [0.3, 0.4) is 0 Å². The first kappa shape index (κ1) is 15.2. The van der Waals surface area contributed by atoms with Gasteiger partial charge in [-0.3, -0.25) is 0 Å². The predicted octanol–water partition coefficient (Wildman–Crippen LogP) is 2.27. The molecule has 0 saturated heterocycles. The molecular weight excluding hydrogens is 294 g/mol. The zero-order valence-corrected chi connectivity index (χ0v) is 12.7. The Morgan fingerprint density at radius 2 is 1.90 bits per heavy atom. The number of benzene rings is 1. The maximum absolute atomic E-state index is 11.4. The number of nitrogens with one attached hydrogen (secondary N) is 1. The smallest absolute Gasteiger partial charge is 0.211 e. The van der Waals surface area contributed by atoms with Gasteiger partial charge in [-0.05, 0) is 24.6 Å². The number of hydrogen-bond donors (Lipinski definition) is 2. The average Bonchev–Trinajstić information content (AvgIpc) is 2.94. The van der Waals surface area contributed by atoms with Gasteiger partial charge in [0.25, 0.3) is 0 Å². The van der Waals surface area contributed by atoms with Crippen molar-refractivity contribution in [1.29, 1.82) is 0 Å². The summed E-state index contributed by atoms with van der Waals surface area (Å²) in [6.45, 7) is 1.86. The van der Waals surface area contributed by atoms with Crippen molar-refractivity contribution in [3.8, 4) is 0 Å². The highest BCUT2D eigenvalue weighted by Gasteiger charge is 2.13. The summed E-state index contributed by atoms with van der Waals surface area (Å²) in [7, 11) is -3.19. The summed E-state index contributed by atoms with van der Waals surface area (Å²) in [5.41, 5.74) is 0.829. The molecule has 20 heavy (non-hydrogen) atoms. The van der Waals surface area contributed by atoms with Crippen molar-refractivity contribution in [3.05, 3.63) is 57.8 Å². The highest BCUT2D eigenvalue weighted by atomic mass is 32.2. The van der Waals surface area contributed by atoms with Crippen LogP contribution in [0, 0.1) is 0 Å². The molecule has 2 N–H and O–H groups in total. The highest BCUT2D eigenvalue weighted by Crippen LogP contribution is 2.28. The first-order valence-electron chi connectivity index (χ1n) is 6.31. The van der Waals surface area contributed by atoms with Gasteiger partial charge < -0.3 is 5.11 Å². The minimum Gasteiger partial charge on any atom is -0.383 e. The van der Waals surface area contributed by atoms with Crippen LogP contribution < -0.4 is 4.72 Å². The number of sulfonamides is 1. The predicted molar refractivity (Wildman–Crippen MR) is 81.1 cm³/mol. The van der Waals surface area contributed by atoms with Crippen LogP contribution in [-0.2, 0) is 16.6 Å². The maximum Gasteiger partial charge on any atom is 0.211 e. The lowest BCUT2D eigenvalue weighted by atomic mass is 10.1. The Kier molecular flexibility index (Phi) is 4.93. The minimum atomic E-state index is -3.19. The number of hydrogen-bond acceptors (Lipinski definition) is 4. The molecule has 0 bridgehead atoms. The summed E-state index contributed by atoms with van der Waals surface area (Å²) in [4.78, 5) is 1.69. The monoisotopic (exact) mass is 311 g/mol. The molecule has 0 aliphatic rings. The maximum atomic E-state index is 11.4. The fraction of sp³-hybridized carbons (Fsp3) is 0.286. The van der Waals surface area contributed by atoms with Crippen LogP contribution >= 0.6 is 11.3 Å². The molecule has 1 atom stereocenters. The van der Waals surface area contributed by atoms with Crippen molar-refractivity contribution in [2.24, 2.45) is 0 Å². The number of rotatable bonds is 6. The Bertz CT molecular complexity index is 650. The van der Waals surface area contributed by atoms with Crippen molar-refractivity contribution in [3.63, 3.8) is 0 Å². The van der Waals surface area contributed by atoms with E-state index in [9.17, 15) is 13.5 Å². The fourth-order valence-electron chi connectivity index (χ4n) is 1.72. The molecule has 0 spiro atoms. The SMILES string of the molecule is CCS(=O)(=O)NCc1ccc(C(O)c2ccccc2)s1. The standard InChI is InChI=1S/C14H17NO3S2/c1-2-20(17,18)15-10-12-8-9-13(19-12)14(16)11-6-4-3-5-7-11/h3-9,14-16H,2,10H2,1H3. The quantitative estimate of drug-likeness (QED) is 0.860. The van der Waals surface area contributed by atoms with Crippen LogP contribution in [0.4, 0.5) is 0 Å². The third kappa shape index (κ3) is 3.89. The Labute approximate surface area is 123 Å². The van der Waals surface area contributed by atoms with Crippen molar-refractivity contribution < 1.29 is 13.5 Å². The van der Waals surface area contributed by atoms with Gasteiger partial charge in [0, 0.05) is 16.3 Å². The van der Waals surface area contributed by atoms with Crippen LogP contribution in [-0.4, -0.2) is 19.3 Å². The Morgan fingerprint density at radius 1 is 1.20 bits per heavy atom. The molecule has 6 heteroatoms. The van der Waals surface area contributed by atoms with Crippen LogP contribution in [0.25, 0.3) is 0 Å². The van der Waals surface area contributed by atoms with Gasteiger partial charge in [-0.2, -0.15) is 0 Å². The molecule has 1 aromatic heterocycles. The van der Waals surface area contributed by atoms with Gasteiger partial charge in [-0.15, -0.1) is 11.3 Å². The van der Waals surface area contributed by atoms with E-state index in [0.717, 1.165) is 15.3 Å². The largest absolute Gasteiger partial charge is 0.383 e. The summed E-state index contributed by atoms with van der Waals surface area (Å²) in [6.07, 6.45) is -0.669. The van der Waals surface area contributed by atoms with Crippen LogP contribution in [0.1, 0.15) is 28.3 Å². The first-order chi connectivity index (χ1) is 9.52. The van der Waals surface area contributed by atoms with Crippen molar-refractivity contribution in [1.82, 2.24) is 4.72 Å². The second-order valence-electron chi connectivity index (χ2n) is 4.34. The van der Waals surface area contributed by atoms with Gasteiger partial charge >= 0.3 is 0 Å². The zero-order chi connectivity index (χ0) is 14.6. The van der Waals surface area contributed by atoms with Gasteiger partial charge in [0.2, 0.25) is 10.0 Å². The topological polar surface area (TPSA) is 66.4 Å². The lowest BCUT2D eigenvalue weighted by Crippen LogP contribution is -2.24. The Morgan fingerprint density at radius 3 is 2.55 bits per heavy atom. The molecular formula is C14H17NO3S2. The van der Waals surface area contributed by atoms with E-state index in [2.05, 4.69) is 4.72 Å². The van der Waals surface area contributed by atoms with Crippen LogP contribution in [0.5, 0.6) is 0 Å². The van der Waals surface area contributed by atoms with Crippen LogP contribution in [0.15, 0.2) is 42.5 Å². The molecule has 108 valence electrons. The molecule has 0 amide bonds. The molecule has 1 aromatic carbocycles. The Hall–Kier alpha value is -1.21. The second kappa shape index (κ2) is 6.49. The van der Waals surface area contributed by atoms with Gasteiger partial charge in [0.1, 0.15) is 6.10 Å². The van der Waals surface area contributed by atoms with Gasteiger partial charge in [0.15, 0.2) is 0 Å². The molecule has 1 heterocycles. The normalized spacial score (nSPS) is 13.3. The van der Waals surface area contributed by atoms with E-state index in [1.165, 1.54) is 11.3 Å². The van der Waals surface area contributed by atoms with E-state index in [1.807, 2.05) is 42.5 Å². The van der Waals surface area contributed by atoms with E-state index in [0.29, 0.717) is 0 Å². The summed E-state index contributed by atoms with van der Waals surface area (Å²) in [6, 6.07) is 13.1. The molecule has 4 nitrogen and oxygen atoms in total. The molecule has 0 saturated carbocycles. The highest BCUT2D eigenvalue weighted by molar-refractivity contribution is 7.89. The fourth-order valence-corrected chi connectivity index (χ4v) is 3.36. The second-order valence-corrected chi connectivity index (χ2v) is 7.64. The van der Waals surface area contributed by atoms with E-state index in [4.69, 9.17) is 0 Å². The number of aliphatic hydroxyl groups is 1.